The van der Waals surface area contributed by atoms with E-state index in [1.54, 1.807) is 12.5 Å². The van der Waals surface area contributed by atoms with Crippen molar-refractivity contribution < 1.29 is 4.42 Å². The van der Waals surface area contributed by atoms with E-state index in [0.717, 1.165) is 30.1 Å². The Kier molecular flexibility index (Phi) is 3.77. The van der Waals surface area contributed by atoms with Crippen LogP contribution in [0.2, 0.25) is 0 Å². The second-order valence-electron chi connectivity index (χ2n) is 3.80. The van der Waals surface area contributed by atoms with Gasteiger partial charge in [0.2, 0.25) is 0 Å². The Morgan fingerprint density at radius 2 is 2.29 bits per heavy atom. The topological polar surface area (TPSA) is 55.3 Å². The molecular weight excluding hydrogens is 214 g/mol. The van der Waals surface area contributed by atoms with Gasteiger partial charge in [0.25, 0.3) is 0 Å². The van der Waals surface area contributed by atoms with Crippen molar-refractivity contribution in [2.45, 2.75) is 20.0 Å². The third-order valence-corrected chi connectivity index (χ3v) is 2.76. The van der Waals surface area contributed by atoms with E-state index >= 15 is 0 Å². The van der Waals surface area contributed by atoms with Crippen molar-refractivity contribution in [3.05, 3.63) is 48.2 Å². The molecule has 90 valence electrons. The van der Waals surface area contributed by atoms with Gasteiger partial charge >= 0.3 is 0 Å². The van der Waals surface area contributed by atoms with E-state index in [2.05, 4.69) is 16.8 Å². The standard InChI is InChI=1S/C13H17N3O/c1-2-16(10-12-4-3-7-17-12)13-9-15-6-5-11(13)8-14/h3-7,9H,2,8,10,14H2,1H3. The second kappa shape index (κ2) is 5.50. The molecule has 0 saturated heterocycles. The lowest BCUT2D eigenvalue weighted by Gasteiger charge is -2.23. The fraction of sp³-hybridized carbons (Fsp3) is 0.308. The smallest absolute Gasteiger partial charge is 0.123 e. The summed E-state index contributed by atoms with van der Waals surface area (Å²) >= 11 is 0. The molecule has 0 radical (unpaired) electrons. The van der Waals surface area contributed by atoms with Crippen LogP contribution in [-0.4, -0.2) is 11.5 Å². The van der Waals surface area contributed by atoms with Crippen LogP contribution in [0, 0.1) is 0 Å². The zero-order valence-corrected chi connectivity index (χ0v) is 9.97. The van der Waals surface area contributed by atoms with E-state index in [1.807, 2.05) is 24.4 Å². The minimum absolute atomic E-state index is 0.520. The molecule has 17 heavy (non-hydrogen) atoms. The summed E-state index contributed by atoms with van der Waals surface area (Å²) < 4.78 is 5.37. The molecule has 0 bridgehead atoms. The van der Waals surface area contributed by atoms with Crippen molar-refractivity contribution in [3.63, 3.8) is 0 Å². The molecule has 4 nitrogen and oxygen atoms in total. The summed E-state index contributed by atoms with van der Waals surface area (Å²) in [6.45, 7) is 4.25. The first-order valence-electron chi connectivity index (χ1n) is 5.75. The highest BCUT2D eigenvalue weighted by Crippen LogP contribution is 2.20. The average Bonchev–Trinajstić information content (AvgIpc) is 2.89. The summed E-state index contributed by atoms with van der Waals surface area (Å²) in [6, 6.07) is 5.83. The van der Waals surface area contributed by atoms with E-state index in [9.17, 15) is 0 Å². The number of hydrogen-bond acceptors (Lipinski definition) is 4. The molecule has 2 N–H and O–H groups in total. The van der Waals surface area contributed by atoms with E-state index in [4.69, 9.17) is 10.2 Å². The van der Waals surface area contributed by atoms with Gasteiger partial charge in [0.15, 0.2) is 0 Å². The minimum Gasteiger partial charge on any atom is -0.467 e. The molecule has 0 unspecified atom stereocenters. The van der Waals surface area contributed by atoms with Crippen LogP contribution in [0.5, 0.6) is 0 Å². The Morgan fingerprint density at radius 1 is 1.41 bits per heavy atom. The summed E-state index contributed by atoms with van der Waals surface area (Å²) in [5.74, 6) is 0.943. The number of nitrogens with zero attached hydrogens (tertiary/aromatic N) is 2. The quantitative estimate of drug-likeness (QED) is 0.856. The maximum absolute atomic E-state index is 5.74. The lowest BCUT2D eigenvalue weighted by atomic mass is 10.2. The Bertz CT molecular complexity index is 453. The predicted octanol–water partition coefficient (Wildman–Crippen LogP) is 2.16. The summed E-state index contributed by atoms with van der Waals surface area (Å²) in [7, 11) is 0. The molecule has 0 spiro atoms. The number of aromatic nitrogens is 1. The molecule has 0 aliphatic rings. The number of hydrogen-bond donors (Lipinski definition) is 1. The fourth-order valence-corrected chi connectivity index (χ4v) is 1.83. The molecule has 0 fully saturated rings. The van der Waals surface area contributed by atoms with Crippen molar-refractivity contribution in [2.24, 2.45) is 5.73 Å². The Hall–Kier alpha value is -1.81. The van der Waals surface area contributed by atoms with Crippen molar-refractivity contribution in [1.82, 2.24) is 4.98 Å². The van der Waals surface area contributed by atoms with E-state index in [0.29, 0.717) is 6.54 Å². The van der Waals surface area contributed by atoms with Crippen molar-refractivity contribution >= 4 is 5.69 Å². The Balaban J connectivity index is 2.22. The van der Waals surface area contributed by atoms with Crippen LogP contribution >= 0.6 is 0 Å². The van der Waals surface area contributed by atoms with Crippen molar-refractivity contribution in [3.8, 4) is 0 Å². The first kappa shape index (κ1) is 11.7. The van der Waals surface area contributed by atoms with E-state index in [-0.39, 0.29) is 0 Å². The second-order valence-corrected chi connectivity index (χ2v) is 3.80. The summed E-state index contributed by atoms with van der Waals surface area (Å²) in [5.41, 5.74) is 7.92. The number of pyridine rings is 1. The first-order valence-corrected chi connectivity index (χ1v) is 5.75. The van der Waals surface area contributed by atoms with Gasteiger partial charge in [0.05, 0.1) is 24.7 Å². The Morgan fingerprint density at radius 3 is 2.94 bits per heavy atom. The molecule has 0 aliphatic carbocycles. The molecule has 0 atom stereocenters. The zero-order valence-electron chi connectivity index (χ0n) is 9.97. The van der Waals surface area contributed by atoms with Crippen LogP contribution in [0.3, 0.4) is 0 Å². The lowest BCUT2D eigenvalue weighted by molar-refractivity contribution is 0.503. The normalized spacial score (nSPS) is 10.5. The van der Waals surface area contributed by atoms with Crippen LogP contribution in [0.15, 0.2) is 41.3 Å². The zero-order chi connectivity index (χ0) is 12.1. The minimum atomic E-state index is 0.520. The molecular formula is C13H17N3O. The van der Waals surface area contributed by atoms with E-state index in [1.165, 1.54) is 0 Å². The molecule has 2 heterocycles. The van der Waals surface area contributed by atoms with Gasteiger partial charge in [0.1, 0.15) is 5.76 Å². The fourth-order valence-electron chi connectivity index (χ4n) is 1.83. The molecule has 2 rings (SSSR count). The van der Waals surface area contributed by atoms with Gasteiger partial charge in [-0.1, -0.05) is 0 Å². The first-order chi connectivity index (χ1) is 8.35. The maximum Gasteiger partial charge on any atom is 0.123 e. The van der Waals surface area contributed by atoms with Crippen LogP contribution < -0.4 is 10.6 Å². The average molecular weight is 231 g/mol. The highest BCUT2D eigenvalue weighted by molar-refractivity contribution is 5.51. The summed E-state index contributed by atoms with van der Waals surface area (Å²) in [6.07, 6.45) is 5.32. The SMILES string of the molecule is CCN(Cc1ccco1)c1cnccc1CN. The largest absolute Gasteiger partial charge is 0.467 e. The van der Waals surface area contributed by atoms with Gasteiger partial charge in [-0.2, -0.15) is 0 Å². The number of anilines is 1. The maximum atomic E-state index is 5.74. The monoisotopic (exact) mass is 231 g/mol. The molecule has 0 aliphatic heterocycles. The highest BCUT2D eigenvalue weighted by atomic mass is 16.3. The van der Waals surface area contributed by atoms with Crippen LogP contribution in [0.25, 0.3) is 0 Å². The molecule has 0 amide bonds. The third kappa shape index (κ3) is 2.65. The third-order valence-electron chi connectivity index (χ3n) is 2.76. The lowest BCUT2D eigenvalue weighted by Crippen LogP contribution is -2.23. The highest BCUT2D eigenvalue weighted by Gasteiger charge is 2.10. The molecule has 2 aromatic rings. The van der Waals surface area contributed by atoms with Gasteiger partial charge in [-0.05, 0) is 30.7 Å². The predicted molar refractivity (Wildman–Crippen MR) is 67.6 cm³/mol. The summed E-state index contributed by atoms with van der Waals surface area (Å²) in [4.78, 5) is 6.37. The van der Waals surface area contributed by atoms with Crippen molar-refractivity contribution in [1.29, 1.82) is 0 Å². The number of nitrogens with two attached hydrogens (primary N) is 1. The number of rotatable bonds is 5. The molecule has 4 heteroatoms. The van der Waals surface area contributed by atoms with Crippen LogP contribution in [0.1, 0.15) is 18.2 Å². The van der Waals surface area contributed by atoms with Gasteiger partial charge in [-0.15, -0.1) is 0 Å². The number of furan rings is 1. The molecule has 0 saturated carbocycles. The van der Waals surface area contributed by atoms with Gasteiger partial charge in [0, 0.05) is 19.3 Å². The van der Waals surface area contributed by atoms with Crippen LogP contribution in [-0.2, 0) is 13.1 Å². The van der Waals surface area contributed by atoms with E-state index < -0.39 is 0 Å². The molecule has 2 aromatic heterocycles. The summed E-state index contributed by atoms with van der Waals surface area (Å²) in [5, 5.41) is 0. The van der Waals surface area contributed by atoms with Crippen LogP contribution in [0.4, 0.5) is 5.69 Å². The van der Waals surface area contributed by atoms with Gasteiger partial charge < -0.3 is 15.1 Å². The van der Waals surface area contributed by atoms with Gasteiger partial charge in [-0.3, -0.25) is 4.98 Å². The Labute approximate surface area is 101 Å². The van der Waals surface area contributed by atoms with Crippen molar-refractivity contribution in [2.75, 3.05) is 11.4 Å². The van der Waals surface area contributed by atoms with Gasteiger partial charge in [-0.25, -0.2) is 0 Å². The molecule has 0 aromatic carbocycles.